The van der Waals surface area contributed by atoms with Crippen LogP contribution in [-0.4, -0.2) is 35.9 Å². The summed E-state index contributed by atoms with van der Waals surface area (Å²) in [6.45, 7) is 0.522. The lowest BCUT2D eigenvalue weighted by Crippen LogP contribution is -2.48. The Labute approximate surface area is 47.1 Å². The first kappa shape index (κ1) is 5.97. The van der Waals surface area contributed by atoms with Gasteiger partial charge in [0.25, 0.3) is 0 Å². The molecule has 0 aliphatic carbocycles. The lowest BCUT2D eigenvalue weighted by atomic mass is 10.4. The third-order valence-corrected chi connectivity index (χ3v) is 0.936. The van der Waals surface area contributed by atoms with Crippen LogP contribution in [0.5, 0.6) is 0 Å². The predicted molar refractivity (Wildman–Crippen MR) is 26.0 cm³/mol. The van der Waals surface area contributed by atoms with Gasteiger partial charge < -0.3 is 14.9 Å². The summed E-state index contributed by atoms with van der Waals surface area (Å²) in [6, 6.07) is 0. The van der Waals surface area contributed by atoms with Crippen molar-refractivity contribution in [3.63, 3.8) is 0 Å². The molecule has 8 heavy (non-hydrogen) atoms. The van der Waals surface area contributed by atoms with Crippen molar-refractivity contribution >= 4 is 0 Å². The number of rotatable bonds is 0. The Morgan fingerprint density at radius 2 is 1.75 bits per heavy atom. The van der Waals surface area contributed by atoms with Crippen LogP contribution < -0.4 is 5.32 Å². The molecule has 0 amide bonds. The van der Waals surface area contributed by atoms with Crippen molar-refractivity contribution in [1.82, 2.24) is 5.32 Å². The zero-order valence-corrected chi connectivity index (χ0v) is 4.37. The molecule has 0 spiro atoms. The molecule has 3 N–H and O–H groups in total. The van der Waals surface area contributed by atoms with Crippen LogP contribution in [0.2, 0.25) is 0 Å². The number of hydrogen-bond donors (Lipinski definition) is 3. The molecule has 4 heteroatoms. The quantitative estimate of drug-likeness (QED) is 0.353. The summed E-state index contributed by atoms with van der Waals surface area (Å²) in [5.74, 6) is 0. The Hall–Kier alpha value is -0.160. The number of aliphatic hydroxyl groups is 2. The zero-order chi connectivity index (χ0) is 5.98. The van der Waals surface area contributed by atoms with E-state index in [9.17, 15) is 0 Å². The van der Waals surface area contributed by atoms with Crippen molar-refractivity contribution in [2.75, 3.05) is 13.2 Å². The Balaban J connectivity index is 2.23. The smallest absolute Gasteiger partial charge is 0.130 e. The predicted octanol–water partition coefficient (Wildman–Crippen LogP) is -1.76. The largest absolute Gasteiger partial charge is 0.376 e. The molecule has 1 fully saturated rings. The summed E-state index contributed by atoms with van der Waals surface area (Å²) >= 11 is 0. The summed E-state index contributed by atoms with van der Waals surface area (Å²) in [5.41, 5.74) is 0. The molecule has 1 rings (SSSR count). The van der Waals surface area contributed by atoms with Gasteiger partial charge >= 0.3 is 0 Å². The second-order valence-corrected chi connectivity index (χ2v) is 1.74. The maximum atomic E-state index is 8.68. The molecule has 0 radical (unpaired) electrons. The van der Waals surface area contributed by atoms with E-state index < -0.39 is 12.5 Å². The molecule has 48 valence electrons. The van der Waals surface area contributed by atoms with E-state index in [0.29, 0.717) is 0 Å². The lowest BCUT2D eigenvalue weighted by Gasteiger charge is -2.23. The minimum absolute atomic E-state index is 0.261. The van der Waals surface area contributed by atoms with Crippen molar-refractivity contribution in [2.24, 2.45) is 0 Å². The highest BCUT2D eigenvalue weighted by molar-refractivity contribution is 4.60. The SMILES string of the molecule is OC1COCC(O)N1. The Bertz CT molecular complexity index is 69.7. The van der Waals surface area contributed by atoms with Crippen molar-refractivity contribution in [3.8, 4) is 0 Å². The van der Waals surface area contributed by atoms with Crippen LogP contribution in [-0.2, 0) is 4.74 Å². The average Bonchev–Trinajstić information content (AvgIpc) is 1.64. The van der Waals surface area contributed by atoms with E-state index in [-0.39, 0.29) is 13.2 Å². The summed E-state index contributed by atoms with van der Waals surface area (Å²) in [6.07, 6.45) is -1.42. The molecule has 0 saturated carbocycles. The van der Waals surface area contributed by atoms with Gasteiger partial charge in [-0.25, -0.2) is 0 Å². The molecule has 1 heterocycles. The number of aliphatic hydroxyl groups excluding tert-OH is 2. The first-order chi connectivity index (χ1) is 3.79. The molecule has 0 aromatic rings. The molecule has 0 aromatic heterocycles. The summed E-state index contributed by atoms with van der Waals surface area (Å²) < 4.78 is 4.73. The minimum Gasteiger partial charge on any atom is -0.376 e. The van der Waals surface area contributed by atoms with E-state index in [1.807, 2.05) is 0 Å². The van der Waals surface area contributed by atoms with Gasteiger partial charge in [0.2, 0.25) is 0 Å². The van der Waals surface area contributed by atoms with Gasteiger partial charge in [0, 0.05) is 0 Å². The molecule has 0 bridgehead atoms. The van der Waals surface area contributed by atoms with Crippen LogP contribution in [0.1, 0.15) is 0 Å². The van der Waals surface area contributed by atoms with Gasteiger partial charge in [0.1, 0.15) is 12.5 Å². The molecular weight excluding hydrogens is 110 g/mol. The standard InChI is InChI=1S/C4H9NO3/c6-3-1-8-2-4(7)5-3/h3-7H,1-2H2. The number of hydrogen-bond acceptors (Lipinski definition) is 4. The Kier molecular flexibility index (Phi) is 1.80. The third-order valence-electron chi connectivity index (χ3n) is 0.936. The van der Waals surface area contributed by atoms with E-state index in [4.69, 9.17) is 14.9 Å². The van der Waals surface area contributed by atoms with E-state index in [0.717, 1.165) is 0 Å². The maximum Gasteiger partial charge on any atom is 0.130 e. The van der Waals surface area contributed by atoms with Gasteiger partial charge in [-0.2, -0.15) is 0 Å². The molecule has 1 aliphatic heterocycles. The summed E-state index contributed by atoms with van der Waals surface area (Å²) in [7, 11) is 0. The van der Waals surface area contributed by atoms with Crippen LogP contribution >= 0.6 is 0 Å². The van der Waals surface area contributed by atoms with Crippen LogP contribution in [0.25, 0.3) is 0 Å². The molecule has 4 nitrogen and oxygen atoms in total. The van der Waals surface area contributed by atoms with Crippen molar-refractivity contribution in [1.29, 1.82) is 0 Å². The second-order valence-electron chi connectivity index (χ2n) is 1.74. The minimum atomic E-state index is -0.709. The second kappa shape index (κ2) is 2.41. The highest BCUT2D eigenvalue weighted by atomic mass is 16.5. The topological polar surface area (TPSA) is 61.7 Å². The molecule has 2 atom stereocenters. The fourth-order valence-corrected chi connectivity index (χ4v) is 0.610. The highest BCUT2D eigenvalue weighted by Gasteiger charge is 2.15. The van der Waals surface area contributed by atoms with Gasteiger partial charge in [-0.3, -0.25) is 5.32 Å². The molecule has 1 saturated heterocycles. The van der Waals surface area contributed by atoms with Gasteiger partial charge in [0.05, 0.1) is 13.2 Å². The van der Waals surface area contributed by atoms with Gasteiger partial charge in [-0.15, -0.1) is 0 Å². The molecule has 2 unspecified atom stereocenters. The van der Waals surface area contributed by atoms with E-state index >= 15 is 0 Å². The Morgan fingerprint density at radius 3 is 2.00 bits per heavy atom. The zero-order valence-electron chi connectivity index (χ0n) is 4.37. The van der Waals surface area contributed by atoms with Crippen LogP contribution in [0.15, 0.2) is 0 Å². The number of morpholine rings is 1. The third kappa shape index (κ3) is 1.41. The number of nitrogens with one attached hydrogen (secondary N) is 1. The van der Waals surface area contributed by atoms with Crippen LogP contribution in [0.4, 0.5) is 0 Å². The van der Waals surface area contributed by atoms with E-state index in [1.165, 1.54) is 0 Å². The molecular formula is C4H9NO3. The van der Waals surface area contributed by atoms with Crippen LogP contribution in [0.3, 0.4) is 0 Å². The first-order valence-corrected chi connectivity index (χ1v) is 2.49. The normalized spacial score (nSPS) is 39.8. The van der Waals surface area contributed by atoms with Crippen molar-refractivity contribution < 1.29 is 14.9 Å². The first-order valence-electron chi connectivity index (χ1n) is 2.49. The molecule has 1 aliphatic rings. The fourth-order valence-electron chi connectivity index (χ4n) is 0.610. The Morgan fingerprint density at radius 1 is 1.25 bits per heavy atom. The van der Waals surface area contributed by atoms with Gasteiger partial charge in [-0.05, 0) is 0 Å². The van der Waals surface area contributed by atoms with Crippen LogP contribution in [0, 0.1) is 0 Å². The van der Waals surface area contributed by atoms with Gasteiger partial charge in [-0.1, -0.05) is 0 Å². The van der Waals surface area contributed by atoms with Crippen molar-refractivity contribution in [3.05, 3.63) is 0 Å². The number of ether oxygens (including phenoxy) is 1. The lowest BCUT2D eigenvalue weighted by molar-refractivity contribution is -0.0965. The van der Waals surface area contributed by atoms with Gasteiger partial charge in [0.15, 0.2) is 0 Å². The van der Waals surface area contributed by atoms with E-state index in [1.54, 1.807) is 0 Å². The van der Waals surface area contributed by atoms with Crippen molar-refractivity contribution in [2.45, 2.75) is 12.5 Å². The maximum absolute atomic E-state index is 8.68. The summed E-state index contributed by atoms with van der Waals surface area (Å²) in [4.78, 5) is 0. The van der Waals surface area contributed by atoms with E-state index in [2.05, 4.69) is 5.32 Å². The summed E-state index contributed by atoms with van der Waals surface area (Å²) in [5, 5.41) is 19.8. The molecule has 0 aromatic carbocycles. The highest BCUT2D eigenvalue weighted by Crippen LogP contribution is 1.92. The average molecular weight is 119 g/mol. The monoisotopic (exact) mass is 119 g/mol. The fraction of sp³-hybridized carbons (Fsp3) is 1.00.